The zero-order valence-electron chi connectivity index (χ0n) is 21.1. The summed E-state index contributed by atoms with van der Waals surface area (Å²) in [6.45, 7) is 2.95. The van der Waals surface area contributed by atoms with Crippen LogP contribution in [0, 0.1) is 5.82 Å². The van der Waals surface area contributed by atoms with Gasteiger partial charge in [-0.05, 0) is 48.6 Å². The Kier molecular flexibility index (Phi) is 8.35. The van der Waals surface area contributed by atoms with Crippen LogP contribution in [-0.4, -0.2) is 63.5 Å². The molecule has 0 radical (unpaired) electrons. The Morgan fingerprint density at radius 2 is 1.84 bits per heavy atom. The van der Waals surface area contributed by atoms with Crippen molar-refractivity contribution < 1.29 is 23.9 Å². The Morgan fingerprint density at radius 1 is 1.08 bits per heavy atom. The van der Waals surface area contributed by atoms with Crippen LogP contribution in [0.15, 0.2) is 41.3 Å². The van der Waals surface area contributed by atoms with Crippen LogP contribution in [0.2, 0.25) is 0 Å². The molecule has 0 aliphatic carbocycles. The fourth-order valence-electron chi connectivity index (χ4n) is 4.55. The quantitative estimate of drug-likeness (QED) is 0.347. The van der Waals surface area contributed by atoms with Crippen molar-refractivity contribution in [2.75, 3.05) is 26.2 Å². The van der Waals surface area contributed by atoms with E-state index < -0.39 is 22.8 Å². The molecule has 0 bridgehead atoms. The molecule has 0 atom stereocenters. The smallest absolute Gasteiger partial charge is 0.267 e. The first-order valence-electron chi connectivity index (χ1n) is 12.5. The van der Waals surface area contributed by atoms with Crippen molar-refractivity contribution in [2.45, 2.75) is 39.2 Å². The molecule has 2 aromatic heterocycles. The Morgan fingerprint density at radius 3 is 2.53 bits per heavy atom. The standard InChI is InChI=1S/C27H30FN5O5/c1-17(34)29-10-13-33-21-15-19(14-18-5-7-20(28)8-6-18)16-31-24(21)25(36)23(27(33)38)26(37)30-9-3-12-32-11-2-4-22(32)35/h5-8,15-16,36H,2-4,9-14H2,1H3,(H,29,34)(H,30,37). The summed E-state index contributed by atoms with van der Waals surface area (Å²) in [6, 6.07) is 7.69. The highest BCUT2D eigenvalue weighted by Gasteiger charge is 2.24. The van der Waals surface area contributed by atoms with Crippen LogP contribution in [0.1, 0.15) is 47.7 Å². The molecular formula is C27H30FN5O5. The molecule has 200 valence electrons. The molecule has 0 saturated carbocycles. The lowest BCUT2D eigenvalue weighted by Gasteiger charge is -2.17. The summed E-state index contributed by atoms with van der Waals surface area (Å²) in [5, 5.41) is 16.2. The van der Waals surface area contributed by atoms with E-state index in [9.17, 15) is 28.7 Å². The third kappa shape index (κ3) is 6.16. The molecule has 0 unspecified atom stereocenters. The van der Waals surface area contributed by atoms with Crippen molar-refractivity contribution in [3.63, 3.8) is 0 Å². The van der Waals surface area contributed by atoms with Crippen LogP contribution >= 0.6 is 0 Å². The molecule has 3 amide bonds. The maximum absolute atomic E-state index is 13.4. The van der Waals surface area contributed by atoms with Gasteiger partial charge < -0.3 is 25.2 Å². The van der Waals surface area contributed by atoms with Gasteiger partial charge in [-0.15, -0.1) is 0 Å². The van der Waals surface area contributed by atoms with Gasteiger partial charge in [0, 0.05) is 52.3 Å². The normalized spacial score (nSPS) is 13.2. The van der Waals surface area contributed by atoms with Gasteiger partial charge in [-0.3, -0.25) is 24.2 Å². The zero-order valence-corrected chi connectivity index (χ0v) is 21.1. The topological polar surface area (TPSA) is 134 Å². The van der Waals surface area contributed by atoms with Crippen LogP contribution in [0.4, 0.5) is 4.39 Å². The summed E-state index contributed by atoms with van der Waals surface area (Å²) in [5.41, 5.74) is 0.773. The van der Waals surface area contributed by atoms with Gasteiger partial charge in [0.05, 0.1) is 5.52 Å². The highest BCUT2D eigenvalue weighted by atomic mass is 19.1. The van der Waals surface area contributed by atoms with Crippen molar-refractivity contribution >= 4 is 28.8 Å². The lowest BCUT2D eigenvalue weighted by Crippen LogP contribution is -2.37. The third-order valence-electron chi connectivity index (χ3n) is 6.45. The number of carbonyl (C=O) groups excluding carboxylic acids is 3. The molecule has 3 heterocycles. The van der Waals surface area contributed by atoms with Crippen LogP contribution < -0.4 is 16.2 Å². The van der Waals surface area contributed by atoms with Crippen LogP contribution in [-0.2, 0) is 22.6 Å². The average molecular weight is 524 g/mol. The Balaban J connectivity index is 1.61. The van der Waals surface area contributed by atoms with E-state index in [1.807, 2.05) is 0 Å². The van der Waals surface area contributed by atoms with Crippen LogP contribution in [0.5, 0.6) is 5.75 Å². The highest BCUT2D eigenvalue weighted by Crippen LogP contribution is 2.26. The molecule has 1 aliphatic heterocycles. The third-order valence-corrected chi connectivity index (χ3v) is 6.45. The molecule has 11 heteroatoms. The first-order chi connectivity index (χ1) is 18.2. The number of pyridine rings is 2. The van der Waals surface area contributed by atoms with E-state index in [4.69, 9.17) is 0 Å². The summed E-state index contributed by atoms with van der Waals surface area (Å²) in [6.07, 6.45) is 3.81. The lowest BCUT2D eigenvalue weighted by molar-refractivity contribution is -0.127. The fourth-order valence-corrected chi connectivity index (χ4v) is 4.55. The van der Waals surface area contributed by atoms with Gasteiger partial charge in [-0.1, -0.05) is 12.1 Å². The summed E-state index contributed by atoms with van der Waals surface area (Å²) < 4.78 is 14.6. The van der Waals surface area contributed by atoms with Gasteiger partial charge in [0.25, 0.3) is 11.5 Å². The predicted octanol–water partition coefficient (Wildman–Crippen LogP) is 1.71. The number of rotatable bonds is 10. The summed E-state index contributed by atoms with van der Waals surface area (Å²) >= 11 is 0. The molecule has 1 aromatic carbocycles. The number of hydrogen-bond acceptors (Lipinski definition) is 6. The molecule has 0 spiro atoms. The number of fused-ring (bicyclic) bond motifs is 1. The molecule has 10 nitrogen and oxygen atoms in total. The van der Waals surface area contributed by atoms with Gasteiger partial charge in [0.1, 0.15) is 16.9 Å². The Labute approximate surface area is 218 Å². The molecule has 1 fully saturated rings. The monoisotopic (exact) mass is 523 g/mol. The van der Waals surface area contributed by atoms with E-state index in [1.165, 1.54) is 29.8 Å². The number of aromatic hydroxyl groups is 1. The van der Waals surface area contributed by atoms with Crippen molar-refractivity contribution in [3.05, 3.63) is 69.4 Å². The first kappa shape index (κ1) is 26.8. The Hall–Kier alpha value is -4.28. The van der Waals surface area contributed by atoms with E-state index in [0.29, 0.717) is 43.4 Å². The molecule has 38 heavy (non-hydrogen) atoms. The minimum atomic E-state index is -0.743. The predicted molar refractivity (Wildman–Crippen MR) is 138 cm³/mol. The lowest BCUT2D eigenvalue weighted by atomic mass is 10.1. The molecular weight excluding hydrogens is 493 g/mol. The van der Waals surface area contributed by atoms with Gasteiger partial charge in [-0.25, -0.2) is 4.39 Å². The number of aromatic nitrogens is 2. The molecule has 4 rings (SSSR count). The maximum Gasteiger partial charge on any atom is 0.267 e. The van der Waals surface area contributed by atoms with Crippen molar-refractivity contribution in [1.82, 2.24) is 25.1 Å². The van der Waals surface area contributed by atoms with E-state index in [1.54, 1.807) is 23.1 Å². The number of hydrogen-bond donors (Lipinski definition) is 3. The number of nitrogens with one attached hydrogen (secondary N) is 2. The van der Waals surface area contributed by atoms with Crippen molar-refractivity contribution in [1.29, 1.82) is 0 Å². The fraction of sp³-hybridized carbons (Fsp3) is 0.370. The number of nitrogens with zero attached hydrogens (tertiary/aromatic N) is 3. The second-order valence-electron chi connectivity index (χ2n) is 9.27. The number of benzene rings is 1. The average Bonchev–Trinajstić information content (AvgIpc) is 3.29. The van der Waals surface area contributed by atoms with Crippen LogP contribution in [0.25, 0.3) is 11.0 Å². The largest absolute Gasteiger partial charge is 0.505 e. The molecule has 1 saturated heterocycles. The van der Waals surface area contributed by atoms with Gasteiger partial charge in [-0.2, -0.15) is 0 Å². The van der Waals surface area contributed by atoms with E-state index in [-0.39, 0.29) is 42.8 Å². The maximum atomic E-state index is 13.4. The van der Waals surface area contributed by atoms with Crippen molar-refractivity contribution in [3.8, 4) is 5.75 Å². The number of halogens is 1. The summed E-state index contributed by atoms with van der Waals surface area (Å²) in [5.74, 6) is -1.80. The molecule has 3 N–H and O–H groups in total. The summed E-state index contributed by atoms with van der Waals surface area (Å²) in [7, 11) is 0. The minimum Gasteiger partial charge on any atom is -0.505 e. The number of carbonyl (C=O) groups is 3. The molecule has 1 aliphatic rings. The molecule has 3 aromatic rings. The number of amides is 3. The zero-order chi connectivity index (χ0) is 27.2. The summed E-state index contributed by atoms with van der Waals surface area (Å²) in [4.78, 5) is 55.6. The van der Waals surface area contributed by atoms with Gasteiger partial charge in [0.2, 0.25) is 11.8 Å². The first-order valence-corrected chi connectivity index (χ1v) is 12.5. The van der Waals surface area contributed by atoms with E-state index in [2.05, 4.69) is 15.6 Å². The van der Waals surface area contributed by atoms with E-state index in [0.717, 1.165) is 12.0 Å². The SMILES string of the molecule is CC(=O)NCCn1c(=O)c(C(=O)NCCCN2CCCC2=O)c(O)c2ncc(Cc3ccc(F)cc3)cc21. The highest BCUT2D eigenvalue weighted by molar-refractivity contribution is 6.01. The Bertz CT molecular complexity index is 1420. The van der Waals surface area contributed by atoms with Crippen molar-refractivity contribution in [2.24, 2.45) is 0 Å². The second-order valence-corrected chi connectivity index (χ2v) is 9.27. The van der Waals surface area contributed by atoms with Crippen LogP contribution in [0.3, 0.4) is 0 Å². The number of likely N-dealkylation sites (tertiary alicyclic amines) is 1. The van der Waals surface area contributed by atoms with E-state index >= 15 is 0 Å². The van der Waals surface area contributed by atoms with Gasteiger partial charge in [0.15, 0.2) is 5.75 Å². The van der Waals surface area contributed by atoms with Gasteiger partial charge >= 0.3 is 0 Å². The minimum absolute atomic E-state index is 0.0498. The second kappa shape index (κ2) is 11.8.